The van der Waals surface area contributed by atoms with Crippen molar-refractivity contribution in [2.75, 3.05) is 35.2 Å². The zero-order valence-corrected chi connectivity index (χ0v) is 10.6. The highest BCUT2D eigenvalue weighted by molar-refractivity contribution is 7.91. The summed E-state index contributed by atoms with van der Waals surface area (Å²) in [7, 11) is -2.90. The molecule has 17 heavy (non-hydrogen) atoms. The Morgan fingerprint density at radius 2 is 2.12 bits per heavy atom. The summed E-state index contributed by atoms with van der Waals surface area (Å²) in [6.45, 7) is 3.06. The molecule has 2 N–H and O–H groups in total. The number of rotatable bonds is 1. The third-order valence-electron chi connectivity index (χ3n) is 2.82. The summed E-state index contributed by atoms with van der Waals surface area (Å²) in [6, 6.07) is 0. The Hall–Kier alpha value is -1.37. The van der Waals surface area contributed by atoms with Gasteiger partial charge in [-0.05, 0) is 13.3 Å². The van der Waals surface area contributed by atoms with Crippen molar-refractivity contribution < 1.29 is 8.42 Å². The van der Waals surface area contributed by atoms with Crippen LogP contribution in [0, 0.1) is 6.92 Å². The summed E-state index contributed by atoms with van der Waals surface area (Å²) in [5.41, 5.74) is 6.47. The number of aryl methyl sites for hydroxylation is 1. The molecule has 1 aromatic heterocycles. The Morgan fingerprint density at radius 3 is 2.88 bits per heavy atom. The minimum atomic E-state index is -2.90. The molecule has 2 rings (SSSR count). The number of nitrogens with two attached hydrogens (primary N) is 1. The fraction of sp³-hybridized carbons (Fsp3) is 0.600. The van der Waals surface area contributed by atoms with Crippen LogP contribution in [0.4, 0.5) is 11.8 Å². The molecule has 0 aliphatic carbocycles. The number of nitrogens with zero attached hydrogens (tertiary/aromatic N) is 3. The van der Waals surface area contributed by atoms with E-state index in [1.165, 1.54) is 0 Å². The van der Waals surface area contributed by atoms with Gasteiger partial charge in [-0.25, -0.2) is 13.4 Å². The molecule has 0 atom stereocenters. The second-order valence-corrected chi connectivity index (χ2v) is 6.53. The number of nitrogen functional groups attached to an aromatic ring is 1. The highest BCUT2D eigenvalue weighted by Gasteiger charge is 2.21. The van der Waals surface area contributed by atoms with Crippen LogP contribution in [0.25, 0.3) is 0 Å². The molecule has 0 saturated carbocycles. The molecule has 0 unspecified atom stereocenters. The van der Waals surface area contributed by atoms with Crippen molar-refractivity contribution in [3.63, 3.8) is 0 Å². The van der Waals surface area contributed by atoms with E-state index in [-0.39, 0.29) is 17.5 Å². The molecule has 0 radical (unpaired) electrons. The molecule has 6 nitrogen and oxygen atoms in total. The second kappa shape index (κ2) is 4.48. The summed E-state index contributed by atoms with van der Waals surface area (Å²) in [5.74, 6) is 1.40. The number of hydrogen-bond donors (Lipinski definition) is 1. The van der Waals surface area contributed by atoms with Crippen LogP contribution in [-0.2, 0) is 9.84 Å². The van der Waals surface area contributed by atoms with Gasteiger partial charge in [0.05, 0.1) is 11.5 Å². The van der Waals surface area contributed by atoms with E-state index >= 15 is 0 Å². The first-order valence-electron chi connectivity index (χ1n) is 5.52. The predicted molar refractivity (Wildman–Crippen MR) is 66.7 cm³/mol. The van der Waals surface area contributed by atoms with E-state index in [1.807, 2.05) is 11.8 Å². The highest BCUT2D eigenvalue weighted by Crippen LogP contribution is 2.19. The number of sulfone groups is 1. The maximum Gasteiger partial charge on any atom is 0.221 e. The molecular formula is C10H16N4O2S. The van der Waals surface area contributed by atoms with Crippen LogP contribution >= 0.6 is 0 Å². The third kappa shape index (κ3) is 2.85. The molecule has 94 valence electrons. The first-order chi connectivity index (χ1) is 7.98. The van der Waals surface area contributed by atoms with Crippen molar-refractivity contribution in [3.8, 4) is 0 Å². The Labute approximate surface area is 101 Å². The van der Waals surface area contributed by atoms with Gasteiger partial charge in [0.2, 0.25) is 5.95 Å². The second-order valence-electron chi connectivity index (χ2n) is 4.23. The molecule has 1 saturated heterocycles. The van der Waals surface area contributed by atoms with E-state index in [4.69, 9.17) is 5.73 Å². The van der Waals surface area contributed by atoms with Crippen molar-refractivity contribution in [1.82, 2.24) is 9.97 Å². The van der Waals surface area contributed by atoms with Crippen LogP contribution < -0.4 is 10.6 Å². The first-order valence-corrected chi connectivity index (χ1v) is 7.34. The third-order valence-corrected chi connectivity index (χ3v) is 4.53. The summed E-state index contributed by atoms with van der Waals surface area (Å²) >= 11 is 0. The van der Waals surface area contributed by atoms with Crippen molar-refractivity contribution >= 4 is 21.6 Å². The molecule has 0 aromatic carbocycles. The standard InChI is InChI=1S/C10H16N4O2S/c1-8-7-12-10(11)13-9(8)14-3-2-5-17(15,16)6-4-14/h7H,2-6H2,1H3,(H2,11,12,13). The van der Waals surface area contributed by atoms with Gasteiger partial charge >= 0.3 is 0 Å². The fourth-order valence-corrected chi connectivity index (χ4v) is 3.19. The van der Waals surface area contributed by atoms with Crippen molar-refractivity contribution in [2.24, 2.45) is 0 Å². The van der Waals surface area contributed by atoms with Gasteiger partial charge in [-0.2, -0.15) is 4.98 Å². The van der Waals surface area contributed by atoms with Crippen LogP contribution in [0.3, 0.4) is 0 Å². The Morgan fingerprint density at radius 1 is 1.35 bits per heavy atom. The number of aromatic nitrogens is 2. The number of hydrogen-bond acceptors (Lipinski definition) is 6. The van der Waals surface area contributed by atoms with E-state index in [0.29, 0.717) is 19.5 Å². The maximum absolute atomic E-state index is 11.5. The molecule has 7 heteroatoms. The maximum atomic E-state index is 11.5. The van der Waals surface area contributed by atoms with Gasteiger partial charge in [0.15, 0.2) is 9.84 Å². The minimum Gasteiger partial charge on any atom is -0.368 e. The van der Waals surface area contributed by atoms with Gasteiger partial charge in [-0.1, -0.05) is 0 Å². The molecule has 1 aliphatic heterocycles. The monoisotopic (exact) mass is 256 g/mol. The van der Waals surface area contributed by atoms with Gasteiger partial charge in [0.25, 0.3) is 0 Å². The number of anilines is 2. The van der Waals surface area contributed by atoms with Gasteiger partial charge in [-0.15, -0.1) is 0 Å². The molecular weight excluding hydrogens is 240 g/mol. The Balaban J connectivity index is 2.25. The largest absolute Gasteiger partial charge is 0.368 e. The fourth-order valence-electron chi connectivity index (χ4n) is 1.92. The van der Waals surface area contributed by atoms with Gasteiger partial charge in [-0.3, -0.25) is 0 Å². The highest BCUT2D eigenvalue weighted by atomic mass is 32.2. The lowest BCUT2D eigenvalue weighted by Crippen LogP contribution is -2.28. The van der Waals surface area contributed by atoms with Crippen LogP contribution in [0.15, 0.2) is 6.20 Å². The average Bonchev–Trinajstić information content (AvgIpc) is 2.43. The summed E-state index contributed by atoms with van der Waals surface area (Å²) in [5, 5.41) is 0. The Bertz CT molecular complexity index is 515. The summed E-state index contributed by atoms with van der Waals surface area (Å²) in [6.07, 6.45) is 2.29. The summed E-state index contributed by atoms with van der Waals surface area (Å²) in [4.78, 5) is 10.1. The van der Waals surface area contributed by atoms with Crippen molar-refractivity contribution in [3.05, 3.63) is 11.8 Å². The molecule has 2 heterocycles. The normalized spacial score (nSPS) is 19.9. The minimum absolute atomic E-state index is 0.177. The van der Waals surface area contributed by atoms with E-state index in [2.05, 4.69) is 9.97 Å². The van der Waals surface area contributed by atoms with Gasteiger partial charge < -0.3 is 10.6 Å². The lowest BCUT2D eigenvalue weighted by molar-refractivity contribution is 0.597. The average molecular weight is 256 g/mol. The van der Waals surface area contributed by atoms with Gasteiger partial charge in [0.1, 0.15) is 5.82 Å². The first kappa shape index (κ1) is 12.1. The van der Waals surface area contributed by atoms with E-state index in [1.54, 1.807) is 6.20 Å². The Kier molecular flexibility index (Phi) is 3.19. The van der Waals surface area contributed by atoms with E-state index < -0.39 is 9.84 Å². The molecule has 1 aromatic rings. The smallest absolute Gasteiger partial charge is 0.221 e. The van der Waals surface area contributed by atoms with E-state index in [9.17, 15) is 8.42 Å². The molecule has 1 fully saturated rings. The van der Waals surface area contributed by atoms with Crippen LogP contribution in [0.2, 0.25) is 0 Å². The van der Waals surface area contributed by atoms with Gasteiger partial charge in [0, 0.05) is 24.8 Å². The quantitative estimate of drug-likeness (QED) is 0.760. The topological polar surface area (TPSA) is 89.2 Å². The summed E-state index contributed by atoms with van der Waals surface area (Å²) < 4.78 is 23.0. The van der Waals surface area contributed by atoms with E-state index in [0.717, 1.165) is 11.4 Å². The lowest BCUT2D eigenvalue weighted by Gasteiger charge is -2.22. The van der Waals surface area contributed by atoms with Crippen LogP contribution in [0.1, 0.15) is 12.0 Å². The molecule has 0 amide bonds. The molecule has 1 aliphatic rings. The predicted octanol–water partition coefficient (Wildman–Crippen LogP) is -0.00788. The molecule has 0 spiro atoms. The molecule has 0 bridgehead atoms. The van der Waals surface area contributed by atoms with Crippen LogP contribution in [-0.4, -0.2) is 43.0 Å². The van der Waals surface area contributed by atoms with Crippen molar-refractivity contribution in [2.45, 2.75) is 13.3 Å². The van der Waals surface area contributed by atoms with Crippen molar-refractivity contribution in [1.29, 1.82) is 0 Å². The van der Waals surface area contributed by atoms with Crippen LogP contribution in [0.5, 0.6) is 0 Å². The zero-order valence-electron chi connectivity index (χ0n) is 9.76. The SMILES string of the molecule is Cc1cnc(N)nc1N1CCCS(=O)(=O)CC1. The zero-order chi connectivity index (χ0) is 12.5. The lowest BCUT2D eigenvalue weighted by atomic mass is 10.3.